The van der Waals surface area contributed by atoms with Crippen LogP contribution in [0.1, 0.15) is 32.9 Å². The summed E-state index contributed by atoms with van der Waals surface area (Å²) < 4.78 is 58.3. The highest BCUT2D eigenvalue weighted by molar-refractivity contribution is 6.76. The van der Waals surface area contributed by atoms with Crippen molar-refractivity contribution in [2.24, 2.45) is 0 Å². The number of carbonyl (C=O) groups is 1. The fourth-order valence-electron chi connectivity index (χ4n) is 4.81. The molecule has 4 aromatic rings. The molecule has 5 rings (SSSR count). The average molecular weight is 527 g/mol. The third-order valence-electron chi connectivity index (χ3n) is 6.67. The molecular weight excluding hydrogens is 501 g/mol. The van der Waals surface area contributed by atoms with E-state index in [1.807, 2.05) is 6.07 Å². The van der Waals surface area contributed by atoms with E-state index >= 15 is 13.2 Å². The van der Waals surface area contributed by atoms with Crippen LogP contribution >= 0.6 is 0 Å². The standard InChI is InChI=1S/C26H25F3N4O3Si/c1-15-11-18-21(17-7-8-31-22(15)17)25(26(27,28)29,36-23(18)34)24-32-19-12-16(13-30)5-6-20(19)33(24)14-35-9-10-37(2,3)4/h5-8,11-12,31H,9-10,14H2,1-4H3. The minimum Gasteiger partial charge on any atom is -0.432 e. The number of fused-ring (bicyclic) bond motifs is 4. The van der Waals surface area contributed by atoms with Gasteiger partial charge >= 0.3 is 12.1 Å². The smallest absolute Gasteiger partial charge is 0.432 e. The summed E-state index contributed by atoms with van der Waals surface area (Å²) in [4.78, 5) is 20.3. The van der Waals surface area contributed by atoms with Gasteiger partial charge in [0, 0.05) is 37.3 Å². The number of H-pyrrole nitrogens is 1. The predicted octanol–water partition coefficient (Wildman–Crippen LogP) is 5.99. The van der Waals surface area contributed by atoms with Gasteiger partial charge in [0.2, 0.25) is 0 Å². The Balaban J connectivity index is 1.78. The minimum atomic E-state index is -5.05. The van der Waals surface area contributed by atoms with Gasteiger partial charge in [-0.2, -0.15) is 18.4 Å². The number of halogens is 3. The number of aromatic nitrogens is 3. The first-order chi connectivity index (χ1) is 17.4. The number of hydrogen-bond acceptors (Lipinski definition) is 5. The number of cyclic esters (lactones) is 1. The van der Waals surface area contributed by atoms with Gasteiger partial charge in [0.15, 0.2) is 5.82 Å². The second kappa shape index (κ2) is 8.46. The van der Waals surface area contributed by atoms with E-state index in [9.17, 15) is 10.1 Å². The van der Waals surface area contributed by atoms with E-state index in [-0.39, 0.29) is 34.3 Å². The molecule has 7 nitrogen and oxygen atoms in total. The molecule has 0 saturated carbocycles. The van der Waals surface area contributed by atoms with Gasteiger partial charge in [0.05, 0.1) is 28.2 Å². The van der Waals surface area contributed by atoms with Crippen molar-refractivity contribution < 1.29 is 27.4 Å². The minimum absolute atomic E-state index is 0.155. The zero-order valence-corrected chi connectivity index (χ0v) is 21.8. The van der Waals surface area contributed by atoms with Crippen molar-refractivity contribution in [3.05, 3.63) is 64.6 Å². The van der Waals surface area contributed by atoms with Crippen molar-refractivity contribution in [1.82, 2.24) is 14.5 Å². The lowest BCUT2D eigenvalue weighted by atomic mass is 9.86. The SMILES string of the molecule is Cc1cc2c(c3cc[nH]c13)C(c1nc3cc(C#N)ccc3n1COCC[Si](C)(C)C)(C(F)(F)F)OC2=O. The molecule has 0 amide bonds. The maximum Gasteiger partial charge on any atom is 0.440 e. The summed E-state index contributed by atoms with van der Waals surface area (Å²) in [5.74, 6) is -1.59. The summed E-state index contributed by atoms with van der Waals surface area (Å²) in [5.41, 5.74) is -1.76. The molecule has 0 spiro atoms. The Labute approximate surface area is 211 Å². The first-order valence-electron chi connectivity index (χ1n) is 11.8. The number of aromatic amines is 1. The van der Waals surface area contributed by atoms with E-state index in [0.717, 1.165) is 6.04 Å². The number of alkyl halides is 3. The Hall–Kier alpha value is -3.62. The first-order valence-corrected chi connectivity index (χ1v) is 15.5. The number of carbonyl (C=O) groups excluding carboxylic acids is 1. The summed E-state index contributed by atoms with van der Waals surface area (Å²) >= 11 is 0. The molecule has 0 radical (unpaired) electrons. The lowest BCUT2D eigenvalue weighted by Crippen LogP contribution is -2.46. The molecule has 1 aliphatic rings. The Morgan fingerprint density at radius 1 is 1.24 bits per heavy atom. The Kier molecular flexibility index (Phi) is 5.73. The number of benzene rings is 2. The number of ether oxygens (including phenoxy) is 2. The number of aryl methyl sites for hydroxylation is 1. The molecule has 0 bridgehead atoms. The number of nitrogens with one attached hydrogen (secondary N) is 1. The van der Waals surface area contributed by atoms with Gasteiger partial charge < -0.3 is 14.5 Å². The number of hydrogen-bond donors (Lipinski definition) is 1. The van der Waals surface area contributed by atoms with Crippen LogP contribution in [0.2, 0.25) is 25.7 Å². The van der Waals surface area contributed by atoms with E-state index in [1.54, 1.807) is 6.92 Å². The molecule has 1 aliphatic heterocycles. The van der Waals surface area contributed by atoms with Gasteiger partial charge in [0.1, 0.15) is 6.73 Å². The summed E-state index contributed by atoms with van der Waals surface area (Å²) in [6, 6.07) is 10.2. The van der Waals surface area contributed by atoms with Gasteiger partial charge in [0.25, 0.3) is 5.60 Å². The van der Waals surface area contributed by atoms with E-state index in [2.05, 4.69) is 29.6 Å². The monoisotopic (exact) mass is 526 g/mol. The number of nitriles is 1. The molecule has 2 aromatic heterocycles. The van der Waals surface area contributed by atoms with Gasteiger partial charge in [-0.25, -0.2) is 9.78 Å². The molecule has 3 heterocycles. The molecular formula is C26H25F3N4O3Si. The molecule has 192 valence electrons. The Morgan fingerprint density at radius 2 is 2.00 bits per heavy atom. The average Bonchev–Trinajstić information content (AvgIpc) is 3.50. The van der Waals surface area contributed by atoms with Crippen molar-refractivity contribution in [1.29, 1.82) is 5.26 Å². The van der Waals surface area contributed by atoms with Crippen LogP contribution in [-0.4, -0.2) is 41.4 Å². The van der Waals surface area contributed by atoms with Crippen LogP contribution in [0, 0.1) is 18.3 Å². The van der Waals surface area contributed by atoms with Gasteiger partial charge in [-0.3, -0.25) is 4.57 Å². The van der Waals surface area contributed by atoms with Crippen molar-refractivity contribution in [2.75, 3.05) is 6.61 Å². The van der Waals surface area contributed by atoms with E-state index in [1.165, 1.54) is 41.1 Å². The maximum atomic E-state index is 15.3. The normalized spacial score (nSPS) is 17.8. The van der Waals surface area contributed by atoms with Crippen molar-refractivity contribution in [2.45, 2.75) is 51.1 Å². The van der Waals surface area contributed by atoms with Crippen LogP contribution in [0.25, 0.3) is 21.9 Å². The van der Waals surface area contributed by atoms with Crippen LogP contribution in [0.15, 0.2) is 36.5 Å². The molecule has 1 atom stereocenters. The highest BCUT2D eigenvalue weighted by atomic mass is 28.3. The lowest BCUT2D eigenvalue weighted by molar-refractivity contribution is -0.246. The Morgan fingerprint density at radius 3 is 2.68 bits per heavy atom. The molecule has 2 aromatic carbocycles. The third kappa shape index (κ3) is 3.91. The largest absolute Gasteiger partial charge is 0.440 e. The fraction of sp³-hybridized carbons (Fsp3) is 0.346. The van der Waals surface area contributed by atoms with Crippen LogP contribution in [0.3, 0.4) is 0 Å². The summed E-state index contributed by atoms with van der Waals surface area (Å²) in [5, 5.41) is 9.57. The number of esters is 1. The van der Waals surface area contributed by atoms with Crippen LogP contribution in [-0.2, 0) is 21.8 Å². The van der Waals surface area contributed by atoms with E-state index < -0.39 is 31.6 Å². The van der Waals surface area contributed by atoms with E-state index in [0.29, 0.717) is 23.2 Å². The summed E-state index contributed by atoms with van der Waals surface area (Å²) in [6.45, 7) is 8.38. The van der Waals surface area contributed by atoms with Crippen LogP contribution in [0.5, 0.6) is 0 Å². The molecule has 0 aliphatic carbocycles. The second-order valence-corrected chi connectivity index (χ2v) is 16.1. The molecule has 37 heavy (non-hydrogen) atoms. The number of nitrogens with zero attached hydrogens (tertiary/aromatic N) is 3. The molecule has 1 unspecified atom stereocenters. The van der Waals surface area contributed by atoms with Crippen molar-refractivity contribution in [3.63, 3.8) is 0 Å². The van der Waals surface area contributed by atoms with E-state index in [4.69, 9.17) is 9.47 Å². The summed E-state index contributed by atoms with van der Waals surface area (Å²) in [6.07, 6.45) is -3.52. The first kappa shape index (κ1) is 25.0. The fourth-order valence-corrected chi connectivity index (χ4v) is 5.57. The van der Waals surface area contributed by atoms with Gasteiger partial charge in [-0.1, -0.05) is 19.6 Å². The highest BCUT2D eigenvalue weighted by Crippen LogP contribution is 2.54. The second-order valence-electron chi connectivity index (χ2n) is 10.5. The zero-order valence-electron chi connectivity index (χ0n) is 20.8. The highest BCUT2D eigenvalue weighted by Gasteiger charge is 2.68. The number of rotatable bonds is 6. The van der Waals surface area contributed by atoms with Crippen molar-refractivity contribution >= 4 is 36.0 Å². The van der Waals surface area contributed by atoms with Gasteiger partial charge in [-0.05, 0) is 48.9 Å². The quantitative estimate of drug-likeness (QED) is 0.189. The van der Waals surface area contributed by atoms with Crippen LogP contribution in [0.4, 0.5) is 13.2 Å². The Bertz CT molecular complexity index is 1590. The molecule has 1 N–H and O–H groups in total. The molecule has 0 saturated heterocycles. The lowest BCUT2D eigenvalue weighted by Gasteiger charge is -2.31. The predicted molar refractivity (Wildman–Crippen MR) is 134 cm³/mol. The zero-order chi connectivity index (χ0) is 26.8. The third-order valence-corrected chi connectivity index (χ3v) is 8.37. The molecule has 11 heteroatoms. The molecule has 0 fully saturated rings. The summed E-state index contributed by atoms with van der Waals surface area (Å²) in [7, 11) is -1.45. The van der Waals surface area contributed by atoms with Gasteiger partial charge in [-0.15, -0.1) is 0 Å². The van der Waals surface area contributed by atoms with Crippen molar-refractivity contribution in [3.8, 4) is 6.07 Å². The van der Waals surface area contributed by atoms with Crippen LogP contribution < -0.4 is 0 Å². The maximum absolute atomic E-state index is 15.3. The topological polar surface area (TPSA) is 92.9 Å². The number of imidazole rings is 1.